The number of hydrogen-bond donors (Lipinski definition) is 1. The van der Waals surface area contributed by atoms with Crippen molar-refractivity contribution in [2.75, 3.05) is 0 Å². The molecule has 50 valence electrons. The normalized spacial score (nSPS) is 13.7. The molecule has 1 N–H and O–H groups in total. The number of thiophene rings is 1. The lowest BCUT2D eigenvalue weighted by Gasteiger charge is -1.96. The fourth-order valence-corrected chi connectivity index (χ4v) is 1.47. The second-order valence-corrected chi connectivity index (χ2v) is 3.28. The second-order valence-electron chi connectivity index (χ2n) is 2.17. The van der Waals surface area contributed by atoms with Gasteiger partial charge in [0.05, 0.1) is 6.10 Å². The highest BCUT2D eigenvalue weighted by atomic mass is 32.1. The fraction of sp³-hybridized carbons (Fsp3) is 0.429. The topological polar surface area (TPSA) is 20.2 Å². The standard InChI is InChI=1S/C7H10OS/c1-5-3-7(4-9-5)6(2)8/h3-4,6,8H,1-2H3/t6-/m1/s1. The van der Waals surface area contributed by atoms with Gasteiger partial charge in [-0.25, -0.2) is 0 Å². The van der Waals surface area contributed by atoms with Crippen LogP contribution in [0.15, 0.2) is 11.4 Å². The van der Waals surface area contributed by atoms with E-state index in [1.54, 1.807) is 18.3 Å². The fourth-order valence-electron chi connectivity index (χ4n) is 0.683. The summed E-state index contributed by atoms with van der Waals surface area (Å²) in [5, 5.41) is 11.0. The quantitative estimate of drug-likeness (QED) is 0.636. The average Bonchev–Trinajstić information content (AvgIpc) is 2.14. The van der Waals surface area contributed by atoms with Crippen molar-refractivity contribution in [3.8, 4) is 0 Å². The molecule has 0 fully saturated rings. The molecule has 2 heteroatoms. The van der Waals surface area contributed by atoms with E-state index in [-0.39, 0.29) is 6.10 Å². The molecule has 0 saturated heterocycles. The third kappa shape index (κ3) is 1.53. The van der Waals surface area contributed by atoms with Crippen LogP contribution in [0.3, 0.4) is 0 Å². The third-order valence-electron chi connectivity index (χ3n) is 1.23. The maximum atomic E-state index is 9.04. The van der Waals surface area contributed by atoms with E-state index < -0.39 is 0 Å². The Morgan fingerprint density at radius 2 is 2.33 bits per heavy atom. The van der Waals surface area contributed by atoms with Crippen molar-refractivity contribution in [3.63, 3.8) is 0 Å². The molecular weight excluding hydrogens is 132 g/mol. The number of hydrogen-bond acceptors (Lipinski definition) is 2. The van der Waals surface area contributed by atoms with Crippen LogP contribution in [0, 0.1) is 6.92 Å². The minimum Gasteiger partial charge on any atom is -0.389 e. The van der Waals surface area contributed by atoms with Crippen LogP contribution in [-0.2, 0) is 0 Å². The second kappa shape index (κ2) is 2.50. The molecule has 0 unspecified atom stereocenters. The van der Waals surface area contributed by atoms with Gasteiger partial charge in [0, 0.05) is 4.88 Å². The van der Waals surface area contributed by atoms with Crippen LogP contribution in [0.25, 0.3) is 0 Å². The molecule has 1 heterocycles. The Hall–Kier alpha value is -0.340. The number of aliphatic hydroxyl groups is 1. The van der Waals surface area contributed by atoms with Gasteiger partial charge in [-0.2, -0.15) is 0 Å². The van der Waals surface area contributed by atoms with E-state index in [0.717, 1.165) is 5.56 Å². The lowest BCUT2D eigenvalue weighted by atomic mass is 10.2. The summed E-state index contributed by atoms with van der Waals surface area (Å²) in [5.74, 6) is 0. The Labute approximate surface area is 59.0 Å². The number of aliphatic hydroxyl groups excluding tert-OH is 1. The highest BCUT2D eigenvalue weighted by Gasteiger charge is 2.00. The van der Waals surface area contributed by atoms with Crippen molar-refractivity contribution < 1.29 is 5.11 Å². The van der Waals surface area contributed by atoms with Crippen molar-refractivity contribution in [2.45, 2.75) is 20.0 Å². The molecule has 0 aromatic carbocycles. The van der Waals surface area contributed by atoms with Gasteiger partial charge in [-0.3, -0.25) is 0 Å². The van der Waals surface area contributed by atoms with Crippen molar-refractivity contribution in [1.82, 2.24) is 0 Å². The van der Waals surface area contributed by atoms with E-state index in [1.165, 1.54) is 4.88 Å². The first-order valence-corrected chi connectivity index (χ1v) is 3.81. The van der Waals surface area contributed by atoms with Gasteiger partial charge >= 0.3 is 0 Å². The first-order valence-electron chi connectivity index (χ1n) is 2.93. The van der Waals surface area contributed by atoms with Crippen LogP contribution in [0.1, 0.15) is 23.5 Å². The van der Waals surface area contributed by atoms with Crippen LogP contribution in [0.2, 0.25) is 0 Å². The van der Waals surface area contributed by atoms with Gasteiger partial charge in [0.2, 0.25) is 0 Å². The predicted molar refractivity (Wildman–Crippen MR) is 39.7 cm³/mol. The highest BCUT2D eigenvalue weighted by molar-refractivity contribution is 7.10. The van der Waals surface area contributed by atoms with E-state index in [9.17, 15) is 0 Å². The summed E-state index contributed by atoms with van der Waals surface area (Å²) in [6, 6.07) is 2.01. The zero-order chi connectivity index (χ0) is 6.85. The summed E-state index contributed by atoms with van der Waals surface area (Å²) < 4.78 is 0. The molecule has 0 saturated carbocycles. The van der Waals surface area contributed by atoms with Crippen LogP contribution in [0.4, 0.5) is 0 Å². The van der Waals surface area contributed by atoms with Gasteiger partial charge in [0.25, 0.3) is 0 Å². The third-order valence-corrected chi connectivity index (χ3v) is 2.11. The maximum Gasteiger partial charge on any atom is 0.0770 e. The Balaban J connectivity index is 2.85. The van der Waals surface area contributed by atoms with Gasteiger partial charge < -0.3 is 5.11 Å². The number of aryl methyl sites for hydroxylation is 1. The van der Waals surface area contributed by atoms with Crippen LogP contribution in [-0.4, -0.2) is 5.11 Å². The molecule has 9 heavy (non-hydrogen) atoms. The summed E-state index contributed by atoms with van der Waals surface area (Å²) in [5.41, 5.74) is 1.03. The molecule has 0 radical (unpaired) electrons. The minimum absolute atomic E-state index is 0.310. The van der Waals surface area contributed by atoms with Crippen molar-refractivity contribution in [3.05, 3.63) is 21.9 Å². The van der Waals surface area contributed by atoms with Gasteiger partial charge in [-0.1, -0.05) is 0 Å². The van der Waals surface area contributed by atoms with Crippen LogP contribution >= 0.6 is 11.3 Å². The SMILES string of the molecule is Cc1cc([C@@H](C)O)cs1. The molecule has 1 aromatic heterocycles. The number of rotatable bonds is 1. The molecule has 0 amide bonds. The molecule has 0 bridgehead atoms. The van der Waals surface area contributed by atoms with Gasteiger partial charge in [-0.05, 0) is 30.9 Å². The summed E-state index contributed by atoms with van der Waals surface area (Å²) in [6.07, 6.45) is -0.310. The van der Waals surface area contributed by atoms with E-state index in [2.05, 4.69) is 0 Å². The molecule has 1 atom stereocenters. The first kappa shape index (κ1) is 6.78. The molecule has 0 spiro atoms. The lowest BCUT2D eigenvalue weighted by molar-refractivity contribution is 0.200. The summed E-state index contributed by atoms with van der Waals surface area (Å²) in [6.45, 7) is 3.82. The molecular formula is C7H10OS. The lowest BCUT2D eigenvalue weighted by Crippen LogP contribution is -1.85. The van der Waals surface area contributed by atoms with Gasteiger partial charge in [0.1, 0.15) is 0 Å². The molecule has 1 nitrogen and oxygen atoms in total. The minimum atomic E-state index is -0.310. The van der Waals surface area contributed by atoms with Crippen molar-refractivity contribution in [2.24, 2.45) is 0 Å². The van der Waals surface area contributed by atoms with Crippen molar-refractivity contribution >= 4 is 11.3 Å². The summed E-state index contributed by atoms with van der Waals surface area (Å²) in [7, 11) is 0. The zero-order valence-electron chi connectivity index (χ0n) is 5.59. The Morgan fingerprint density at radius 3 is 2.56 bits per heavy atom. The van der Waals surface area contributed by atoms with E-state index in [0.29, 0.717) is 0 Å². The van der Waals surface area contributed by atoms with Crippen LogP contribution < -0.4 is 0 Å². The van der Waals surface area contributed by atoms with Gasteiger partial charge in [-0.15, -0.1) is 11.3 Å². The van der Waals surface area contributed by atoms with Crippen molar-refractivity contribution in [1.29, 1.82) is 0 Å². The molecule has 0 aliphatic heterocycles. The molecule has 1 rings (SSSR count). The first-order chi connectivity index (χ1) is 4.20. The Kier molecular flexibility index (Phi) is 1.88. The van der Waals surface area contributed by atoms with Crippen LogP contribution in [0.5, 0.6) is 0 Å². The largest absolute Gasteiger partial charge is 0.389 e. The smallest absolute Gasteiger partial charge is 0.0770 e. The maximum absolute atomic E-state index is 9.04. The summed E-state index contributed by atoms with van der Waals surface area (Å²) in [4.78, 5) is 1.26. The Bertz CT molecular complexity index is 191. The van der Waals surface area contributed by atoms with E-state index in [1.807, 2.05) is 18.4 Å². The molecule has 0 aliphatic rings. The van der Waals surface area contributed by atoms with Gasteiger partial charge in [0.15, 0.2) is 0 Å². The average molecular weight is 142 g/mol. The monoisotopic (exact) mass is 142 g/mol. The zero-order valence-corrected chi connectivity index (χ0v) is 6.40. The highest BCUT2D eigenvalue weighted by Crippen LogP contribution is 2.18. The van der Waals surface area contributed by atoms with E-state index in [4.69, 9.17) is 5.11 Å². The molecule has 0 aliphatic carbocycles. The van der Waals surface area contributed by atoms with E-state index >= 15 is 0 Å². The predicted octanol–water partition coefficient (Wildman–Crippen LogP) is 2.11. The Morgan fingerprint density at radius 1 is 1.67 bits per heavy atom. The summed E-state index contributed by atoms with van der Waals surface area (Å²) >= 11 is 1.67. The molecule has 1 aromatic rings.